The van der Waals surface area contributed by atoms with Gasteiger partial charge < -0.3 is 0 Å². The van der Waals surface area contributed by atoms with E-state index >= 15 is 0 Å². The fourth-order valence-electron chi connectivity index (χ4n) is 7.39. The third-order valence-electron chi connectivity index (χ3n) is 10.8. The van der Waals surface area contributed by atoms with Crippen LogP contribution in [-0.4, -0.2) is 9.52 Å². The summed E-state index contributed by atoms with van der Waals surface area (Å²) in [5, 5.41) is 5.63. The van der Waals surface area contributed by atoms with Crippen LogP contribution in [0.25, 0.3) is 43.8 Å². The van der Waals surface area contributed by atoms with Crippen molar-refractivity contribution in [3.8, 4) is 22.3 Å². The second-order valence-corrected chi connectivity index (χ2v) is 19.9. The molecule has 54 heavy (non-hydrogen) atoms. The number of rotatable bonds is 10. The average molecular weight is 855 g/mol. The Morgan fingerprint density at radius 1 is 0.556 bits per heavy atom. The number of aryl methyl sites for hydroxylation is 2. The molecule has 0 N–H and O–H groups in total. The first-order valence-electron chi connectivity index (χ1n) is 20.1. The maximum absolute atomic E-state index is 4.93. The molecular weight excluding hydrogens is 791 g/mol. The molecular formula is C50H64Cl2SiZr. The van der Waals surface area contributed by atoms with E-state index in [9.17, 15) is 0 Å². The number of hydrogen-bond acceptors (Lipinski definition) is 0. The van der Waals surface area contributed by atoms with E-state index in [0.717, 1.165) is 22.4 Å². The molecule has 2 radical (unpaired) electrons. The summed E-state index contributed by atoms with van der Waals surface area (Å²) in [5.41, 5.74) is 14.5. The molecule has 0 spiro atoms. The Balaban J connectivity index is 0.000000254. The molecule has 0 heterocycles. The molecule has 0 aliphatic rings. The Labute approximate surface area is 350 Å². The second kappa shape index (κ2) is 23.1. The van der Waals surface area contributed by atoms with Crippen molar-refractivity contribution in [2.45, 2.75) is 132 Å². The standard InChI is InChI=1S/2C24H29.C2H6Si.2ClH.Zr/c2*1-6-17(5)20-14-19-12-13-21(16(3)4)24(23(19)15-20)22-11-9-8-10-18(22)7-2;1-3-2;;;/h2*8-17H,6-7H2,1-5H3;1-2H3;2*1H;/q2*-1;;;;+4/p-2. The van der Waals surface area contributed by atoms with Crippen molar-refractivity contribution in [3.63, 3.8) is 0 Å². The number of hydrogen-bond donors (Lipinski definition) is 0. The van der Waals surface area contributed by atoms with Crippen molar-refractivity contribution in [3.05, 3.63) is 130 Å². The first-order chi connectivity index (χ1) is 26.0. The Morgan fingerprint density at radius 3 is 1.19 bits per heavy atom. The van der Waals surface area contributed by atoms with Crippen LogP contribution in [0.3, 0.4) is 0 Å². The summed E-state index contributed by atoms with van der Waals surface area (Å²) in [4.78, 5) is 0. The molecule has 4 heteroatoms. The van der Waals surface area contributed by atoms with Crippen LogP contribution in [0, 0.1) is 0 Å². The van der Waals surface area contributed by atoms with Crippen LogP contribution in [-0.2, 0) is 33.7 Å². The van der Waals surface area contributed by atoms with E-state index in [1.54, 1.807) is 0 Å². The van der Waals surface area contributed by atoms with Crippen LogP contribution in [0.5, 0.6) is 0 Å². The molecule has 2 atom stereocenters. The minimum absolute atomic E-state index is 0.524. The van der Waals surface area contributed by atoms with Gasteiger partial charge in [0.05, 0.1) is 0 Å². The summed E-state index contributed by atoms with van der Waals surface area (Å²) < 4.78 is 0. The third kappa shape index (κ3) is 11.4. The first-order valence-corrected chi connectivity index (χ1v) is 28.5. The van der Waals surface area contributed by atoms with Gasteiger partial charge >= 0.3 is 37.9 Å². The van der Waals surface area contributed by atoms with Gasteiger partial charge in [0.2, 0.25) is 0 Å². The van der Waals surface area contributed by atoms with Gasteiger partial charge in [0.1, 0.15) is 0 Å². The molecule has 0 saturated heterocycles. The Hall–Kier alpha value is -2.22. The zero-order chi connectivity index (χ0) is 39.9. The van der Waals surface area contributed by atoms with Crippen molar-refractivity contribution in [1.82, 2.24) is 0 Å². The van der Waals surface area contributed by atoms with Crippen LogP contribution in [0.15, 0.2) is 97.1 Å². The fourth-order valence-corrected chi connectivity index (χ4v) is 7.39. The molecule has 0 saturated carbocycles. The van der Waals surface area contributed by atoms with Gasteiger partial charge in [-0.25, -0.2) is 0 Å². The summed E-state index contributed by atoms with van der Waals surface area (Å²) in [6.07, 6.45) is 4.52. The molecule has 0 bridgehead atoms. The van der Waals surface area contributed by atoms with Gasteiger partial charge in [-0.15, -0.1) is 69.1 Å². The fraction of sp³-hybridized carbons (Fsp3) is 0.400. The van der Waals surface area contributed by atoms with Crippen LogP contribution < -0.4 is 0 Å². The summed E-state index contributed by atoms with van der Waals surface area (Å²) in [6, 6.07) is 36.8. The SMILES string of the molecule is CCc1ccccc1-c1c(C(C)C)ccc2[cH-]c(C(C)CC)cc12.CCc1ccccc1-c1c(C(C)C)ccc2[cH-]c(C(C)CC)cc12.C[Si]C.[Cl][Zr+2][Cl]. The normalized spacial score (nSPS) is 12.0. The van der Waals surface area contributed by atoms with Crippen molar-refractivity contribution in [1.29, 1.82) is 0 Å². The molecule has 6 aromatic rings. The molecule has 2 unspecified atom stereocenters. The van der Waals surface area contributed by atoms with Gasteiger partial charge in [-0.1, -0.05) is 166 Å². The van der Waals surface area contributed by atoms with E-state index in [1.807, 2.05) is 0 Å². The van der Waals surface area contributed by atoms with Crippen LogP contribution in [0.2, 0.25) is 13.1 Å². The van der Waals surface area contributed by atoms with E-state index in [-0.39, 0.29) is 0 Å². The molecule has 0 fully saturated rings. The van der Waals surface area contributed by atoms with E-state index in [2.05, 4.69) is 179 Å². The summed E-state index contributed by atoms with van der Waals surface area (Å²) in [7, 11) is 11.0. The van der Waals surface area contributed by atoms with E-state index in [4.69, 9.17) is 17.0 Å². The molecule has 6 aromatic carbocycles. The molecule has 0 aromatic heterocycles. The zero-order valence-corrected chi connectivity index (χ0v) is 40.1. The quantitative estimate of drug-likeness (QED) is 0.0951. The molecule has 0 aliphatic carbocycles. The van der Waals surface area contributed by atoms with Gasteiger partial charge in [0.25, 0.3) is 0 Å². The van der Waals surface area contributed by atoms with Crippen molar-refractivity contribution >= 4 is 48.1 Å². The van der Waals surface area contributed by atoms with Crippen LogP contribution >= 0.6 is 17.0 Å². The predicted molar refractivity (Wildman–Crippen MR) is 243 cm³/mol. The van der Waals surface area contributed by atoms with E-state index < -0.39 is 20.8 Å². The zero-order valence-electron chi connectivity index (χ0n) is 35.1. The Kier molecular flexibility index (Phi) is 19.8. The molecule has 0 nitrogen and oxygen atoms in total. The number of halogens is 2. The predicted octanol–water partition coefficient (Wildman–Crippen LogP) is 17.0. The Morgan fingerprint density at radius 2 is 0.889 bits per heavy atom. The molecule has 0 aliphatic heterocycles. The number of fused-ring (bicyclic) bond motifs is 2. The van der Waals surface area contributed by atoms with Gasteiger partial charge in [-0.3, -0.25) is 0 Å². The monoisotopic (exact) mass is 852 g/mol. The van der Waals surface area contributed by atoms with E-state index in [1.165, 1.54) is 90.0 Å². The summed E-state index contributed by atoms with van der Waals surface area (Å²) in [6.45, 7) is 27.2. The topological polar surface area (TPSA) is 0 Å². The second-order valence-electron chi connectivity index (χ2n) is 15.2. The summed E-state index contributed by atoms with van der Waals surface area (Å²) >= 11 is -0.826. The van der Waals surface area contributed by atoms with Crippen molar-refractivity contribution < 1.29 is 20.8 Å². The van der Waals surface area contributed by atoms with Crippen LogP contribution in [0.1, 0.15) is 139 Å². The van der Waals surface area contributed by atoms with Gasteiger partial charge in [0.15, 0.2) is 0 Å². The van der Waals surface area contributed by atoms with Crippen LogP contribution in [0.4, 0.5) is 0 Å². The molecule has 6 rings (SSSR count). The third-order valence-corrected chi connectivity index (χ3v) is 10.8. The van der Waals surface area contributed by atoms with Gasteiger partial charge in [0, 0.05) is 9.52 Å². The minimum atomic E-state index is -0.826. The van der Waals surface area contributed by atoms with Gasteiger partial charge in [-0.05, 0) is 58.8 Å². The van der Waals surface area contributed by atoms with Crippen molar-refractivity contribution in [2.24, 2.45) is 0 Å². The summed E-state index contributed by atoms with van der Waals surface area (Å²) in [5.74, 6) is 2.29. The maximum atomic E-state index is 4.93. The first kappa shape index (κ1) is 46.2. The average Bonchev–Trinajstić information content (AvgIpc) is 3.82. The number of benzene rings is 4. The van der Waals surface area contributed by atoms with E-state index in [0.29, 0.717) is 23.7 Å². The molecule has 286 valence electrons. The van der Waals surface area contributed by atoms with Gasteiger partial charge in [-0.2, -0.15) is 12.1 Å². The van der Waals surface area contributed by atoms with Crippen molar-refractivity contribution in [2.75, 3.05) is 0 Å². The molecule has 0 amide bonds. The Bertz CT molecular complexity index is 1870.